The third-order valence-electron chi connectivity index (χ3n) is 2.31. The molecule has 0 atom stereocenters. The number of nitrogens with zero attached hydrogens (tertiary/aromatic N) is 1. The van der Waals surface area contributed by atoms with Gasteiger partial charge in [0.25, 0.3) is 0 Å². The van der Waals surface area contributed by atoms with Crippen molar-refractivity contribution in [1.29, 1.82) is 0 Å². The molecule has 0 aliphatic heterocycles. The summed E-state index contributed by atoms with van der Waals surface area (Å²) < 4.78 is 0. The molecule has 0 aromatic carbocycles. The summed E-state index contributed by atoms with van der Waals surface area (Å²) in [5, 5.41) is 3.10. The van der Waals surface area contributed by atoms with Crippen LogP contribution in [-0.2, 0) is 6.42 Å². The molecule has 4 nitrogen and oxygen atoms in total. The number of aryl methyl sites for hydroxylation is 2. The highest BCUT2D eigenvalue weighted by molar-refractivity contribution is 5.22. The van der Waals surface area contributed by atoms with E-state index in [2.05, 4.69) is 15.3 Å². The molecule has 1 heterocycles. The number of hydrogen-bond acceptors (Lipinski definition) is 3. The van der Waals surface area contributed by atoms with Crippen molar-refractivity contribution in [2.24, 2.45) is 0 Å². The fourth-order valence-corrected chi connectivity index (χ4v) is 1.57. The Bertz CT molecular complexity index is 331. The van der Waals surface area contributed by atoms with Crippen molar-refractivity contribution in [2.45, 2.75) is 26.7 Å². The number of rotatable bonds is 4. The molecule has 0 saturated carbocycles. The molecule has 0 amide bonds. The van der Waals surface area contributed by atoms with Crippen LogP contribution in [0.15, 0.2) is 4.79 Å². The van der Waals surface area contributed by atoms with Crippen LogP contribution >= 0.6 is 0 Å². The first-order chi connectivity index (χ1) is 6.65. The van der Waals surface area contributed by atoms with E-state index >= 15 is 0 Å². The largest absolute Gasteiger partial charge is 0.345 e. The van der Waals surface area contributed by atoms with Crippen LogP contribution in [0.1, 0.15) is 23.4 Å². The molecule has 1 aromatic heterocycles. The Labute approximate surface area is 83.8 Å². The standard InChI is InChI=1S/C10H17N3O/c1-7-9(5-4-6-11-3)8(2)13-10(14)12-7/h11H,4-6H2,1-3H3,(H,12,13,14). The van der Waals surface area contributed by atoms with Crippen molar-refractivity contribution < 1.29 is 0 Å². The van der Waals surface area contributed by atoms with Crippen LogP contribution in [0, 0.1) is 13.8 Å². The molecule has 1 rings (SSSR count). The van der Waals surface area contributed by atoms with Crippen molar-refractivity contribution in [3.63, 3.8) is 0 Å². The van der Waals surface area contributed by atoms with E-state index in [9.17, 15) is 4.79 Å². The highest BCUT2D eigenvalue weighted by Gasteiger charge is 2.04. The second-order valence-corrected chi connectivity index (χ2v) is 3.44. The molecule has 0 unspecified atom stereocenters. The van der Waals surface area contributed by atoms with Gasteiger partial charge in [-0.1, -0.05) is 0 Å². The highest BCUT2D eigenvalue weighted by atomic mass is 16.1. The zero-order valence-corrected chi connectivity index (χ0v) is 8.98. The van der Waals surface area contributed by atoms with Gasteiger partial charge in [0.1, 0.15) is 0 Å². The molecular weight excluding hydrogens is 178 g/mol. The molecule has 4 heteroatoms. The summed E-state index contributed by atoms with van der Waals surface area (Å²) in [6.45, 7) is 4.79. The average molecular weight is 195 g/mol. The quantitative estimate of drug-likeness (QED) is 0.689. The zero-order chi connectivity index (χ0) is 10.6. The molecule has 0 spiro atoms. The summed E-state index contributed by atoms with van der Waals surface area (Å²) in [5.41, 5.74) is 2.71. The Morgan fingerprint density at radius 3 is 2.71 bits per heavy atom. The molecule has 0 radical (unpaired) electrons. The number of aromatic nitrogens is 2. The normalized spacial score (nSPS) is 10.5. The van der Waals surface area contributed by atoms with E-state index in [4.69, 9.17) is 0 Å². The Morgan fingerprint density at radius 1 is 1.43 bits per heavy atom. The average Bonchev–Trinajstić information content (AvgIpc) is 2.09. The van der Waals surface area contributed by atoms with Crippen LogP contribution in [0.4, 0.5) is 0 Å². The van der Waals surface area contributed by atoms with Crippen molar-refractivity contribution >= 4 is 0 Å². The van der Waals surface area contributed by atoms with Gasteiger partial charge in [-0.3, -0.25) is 0 Å². The van der Waals surface area contributed by atoms with E-state index in [0.717, 1.165) is 30.8 Å². The summed E-state index contributed by atoms with van der Waals surface area (Å²) in [7, 11) is 1.94. The number of nitrogens with one attached hydrogen (secondary N) is 2. The lowest BCUT2D eigenvalue weighted by Crippen LogP contribution is -2.17. The van der Waals surface area contributed by atoms with Crippen molar-refractivity contribution in [1.82, 2.24) is 15.3 Å². The van der Waals surface area contributed by atoms with Gasteiger partial charge in [-0.15, -0.1) is 0 Å². The minimum Gasteiger partial charge on any atom is -0.320 e. The monoisotopic (exact) mass is 195 g/mol. The van der Waals surface area contributed by atoms with Gasteiger partial charge in [-0.25, -0.2) is 4.79 Å². The molecule has 0 saturated heterocycles. The molecule has 0 fully saturated rings. The van der Waals surface area contributed by atoms with Gasteiger partial charge in [-0.2, -0.15) is 4.98 Å². The number of aromatic amines is 1. The minimum atomic E-state index is -0.252. The Kier molecular flexibility index (Phi) is 3.83. The van der Waals surface area contributed by atoms with Gasteiger partial charge < -0.3 is 10.3 Å². The molecule has 0 bridgehead atoms. The van der Waals surface area contributed by atoms with Gasteiger partial charge in [0.2, 0.25) is 0 Å². The van der Waals surface area contributed by atoms with Crippen LogP contribution in [0.5, 0.6) is 0 Å². The Morgan fingerprint density at radius 2 is 2.14 bits per heavy atom. The van der Waals surface area contributed by atoms with Crippen molar-refractivity contribution in [3.8, 4) is 0 Å². The fraction of sp³-hybridized carbons (Fsp3) is 0.600. The summed E-state index contributed by atoms with van der Waals surface area (Å²) in [6, 6.07) is 0. The summed E-state index contributed by atoms with van der Waals surface area (Å²) in [6.07, 6.45) is 2.02. The Balaban J connectivity index is 2.80. The van der Waals surface area contributed by atoms with Crippen LogP contribution in [-0.4, -0.2) is 23.6 Å². The number of hydrogen-bond donors (Lipinski definition) is 2. The fourth-order valence-electron chi connectivity index (χ4n) is 1.57. The smallest absolute Gasteiger partial charge is 0.320 e. The second-order valence-electron chi connectivity index (χ2n) is 3.44. The maximum absolute atomic E-state index is 11.0. The van der Waals surface area contributed by atoms with Gasteiger partial charge in [-0.05, 0) is 45.8 Å². The SMILES string of the molecule is CNCCCc1c(C)nc(=O)[nH]c1C. The highest BCUT2D eigenvalue weighted by Crippen LogP contribution is 2.08. The molecule has 78 valence electrons. The first kappa shape index (κ1) is 10.9. The molecule has 1 aromatic rings. The predicted molar refractivity (Wildman–Crippen MR) is 56.6 cm³/mol. The summed E-state index contributed by atoms with van der Waals surface area (Å²) in [4.78, 5) is 17.6. The zero-order valence-electron chi connectivity index (χ0n) is 8.98. The van der Waals surface area contributed by atoms with Crippen LogP contribution < -0.4 is 11.0 Å². The molecule has 0 aliphatic carbocycles. The van der Waals surface area contributed by atoms with E-state index in [1.807, 2.05) is 20.9 Å². The number of H-pyrrole nitrogens is 1. The first-order valence-electron chi connectivity index (χ1n) is 4.86. The molecule has 14 heavy (non-hydrogen) atoms. The minimum absolute atomic E-state index is 0.252. The molecule has 2 N–H and O–H groups in total. The lowest BCUT2D eigenvalue weighted by atomic mass is 10.1. The van der Waals surface area contributed by atoms with E-state index in [1.54, 1.807) is 0 Å². The lowest BCUT2D eigenvalue weighted by Gasteiger charge is -2.07. The molecule has 0 aliphatic rings. The van der Waals surface area contributed by atoms with Gasteiger partial charge in [0.15, 0.2) is 0 Å². The van der Waals surface area contributed by atoms with Crippen molar-refractivity contribution in [3.05, 3.63) is 27.4 Å². The lowest BCUT2D eigenvalue weighted by molar-refractivity contribution is 0.713. The van der Waals surface area contributed by atoms with Crippen LogP contribution in [0.3, 0.4) is 0 Å². The maximum Gasteiger partial charge on any atom is 0.345 e. The maximum atomic E-state index is 11.0. The molecular formula is C10H17N3O. The van der Waals surface area contributed by atoms with Crippen LogP contribution in [0.2, 0.25) is 0 Å². The summed E-state index contributed by atoms with van der Waals surface area (Å²) >= 11 is 0. The first-order valence-corrected chi connectivity index (χ1v) is 4.86. The van der Waals surface area contributed by atoms with E-state index < -0.39 is 0 Å². The Hall–Kier alpha value is -1.16. The van der Waals surface area contributed by atoms with E-state index in [-0.39, 0.29) is 5.69 Å². The third kappa shape index (κ3) is 2.67. The van der Waals surface area contributed by atoms with Crippen LogP contribution in [0.25, 0.3) is 0 Å². The van der Waals surface area contributed by atoms with Crippen molar-refractivity contribution in [2.75, 3.05) is 13.6 Å². The van der Waals surface area contributed by atoms with E-state index in [0.29, 0.717) is 0 Å². The topological polar surface area (TPSA) is 57.8 Å². The van der Waals surface area contributed by atoms with Gasteiger partial charge >= 0.3 is 5.69 Å². The second kappa shape index (κ2) is 4.91. The van der Waals surface area contributed by atoms with Gasteiger partial charge in [0.05, 0.1) is 0 Å². The predicted octanol–water partition coefficient (Wildman–Crippen LogP) is 0.539. The summed E-state index contributed by atoms with van der Waals surface area (Å²) in [5.74, 6) is 0. The third-order valence-corrected chi connectivity index (χ3v) is 2.31. The van der Waals surface area contributed by atoms with Gasteiger partial charge in [0, 0.05) is 11.4 Å². The van der Waals surface area contributed by atoms with E-state index in [1.165, 1.54) is 5.56 Å².